The van der Waals surface area contributed by atoms with Crippen molar-refractivity contribution in [2.45, 2.75) is 0 Å². The standard InChI is InChI=1S/C50H32N2OS/c1-3-13-33(14-4-1)34-25-28-38(29-26-34)51(44-22-12-21-41-40-19-8-10-24-47(40)54-49(41)44)39-18-11-15-35(31-39)36-27-30-42-45(32-36)52(37-16-5-2-6-17-37)50-48(42)43-20-7-9-23-46(43)53-50/h1-32H. The van der Waals surface area contributed by atoms with Crippen molar-refractivity contribution >= 4 is 81.5 Å². The van der Waals surface area contributed by atoms with Crippen LogP contribution in [-0.2, 0) is 0 Å². The van der Waals surface area contributed by atoms with E-state index in [0.29, 0.717) is 0 Å². The van der Waals surface area contributed by atoms with E-state index in [1.54, 1.807) is 0 Å². The van der Waals surface area contributed by atoms with Gasteiger partial charge in [0, 0.05) is 43.3 Å². The van der Waals surface area contributed by atoms with Crippen molar-refractivity contribution in [3.8, 4) is 27.9 Å². The zero-order valence-electron chi connectivity index (χ0n) is 29.2. The number of thiophene rings is 1. The first kappa shape index (κ1) is 30.7. The summed E-state index contributed by atoms with van der Waals surface area (Å²) in [6.07, 6.45) is 0. The van der Waals surface area contributed by atoms with Crippen LogP contribution in [0.5, 0.6) is 0 Å². The molecule has 3 aromatic heterocycles. The third-order valence-corrected chi connectivity index (χ3v) is 11.8. The van der Waals surface area contributed by atoms with E-state index in [0.717, 1.165) is 55.8 Å². The maximum atomic E-state index is 6.57. The molecule has 11 rings (SSSR count). The lowest BCUT2D eigenvalue weighted by Gasteiger charge is -2.27. The number of furan rings is 1. The fraction of sp³-hybridized carbons (Fsp3) is 0. The number of rotatable bonds is 6. The molecule has 54 heavy (non-hydrogen) atoms. The van der Waals surface area contributed by atoms with Crippen molar-refractivity contribution in [3.63, 3.8) is 0 Å². The second kappa shape index (κ2) is 12.4. The predicted molar refractivity (Wildman–Crippen MR) is 229 cm³/mol. The Morgan fingerprint density at radius 3 is 1.94 bits per heavy atom. The Labute approximate surface area is 316 Å². The molecule has 0 N–H and O–H groups in total. The first-order valence-corrected chi connectivity index (χ1v) is 19.1. The molecule has 0 amide bonds. The number of aromatic nitrogens is 1. The van der Waals surface area contributed by atoms with Gasteiger partial charge in [0.2, 0.25) is 5.71 Å². The SMILES string of the molecule is c1ccc(-c2ccc(N(c3cccc(-c4ccc5c6c7ccccc7oc6n(-c6ccccc6)c5c4)c3)c3cccc4c3sc3ccccc34)cc2)cc1. The van der Waals surface area contributed by atoms with Crippen molar-refractivity contribution in [1.29, 1.82) is 0 Å². The topological polar surface area (TPSA) is 21.3 Å². The Morgan fingerprint density at radius 2 is 1.09 bits per heavy atom. The Bertz CT molecular complexity index is 3150. The number of para-hydroxylation sites is 2. The number of hydrogen-bond donors (Lipinski definition) is 0. The van der Waals surface area contributed by atoms with Gasteiger partial charge in [-0.15, -0.1) is 11.3 Å². The summed E-state index contributed by atoms with van der Waals surface area (Å²) in [7, 11) is 0. The average molecular weight is 709 g/mol. The highest BCUT2D eigenvalue weighted by atomic mass is 32.1. The van der Waals surface area contributed by atoms with Crippen LogP contribution in [0.1, 0.15) is 0 Å². The van der Waals surface area contributed by atoms with Crippen molar-refractivity contribution in [2.24, 2.45) is 0 Å². The van der Waals surface area contributed by atoms with Crippen LogP contribution in [0.4, 0.5) is 17.1 Å². The van der Waals surface area contributed by atoms with Crippen LogP contribution < -0.4 is 4.90 Å². The van der Waals surface area contributed by atoms with Gasteiger partial charge in [0.15, 0.2) is 0 Å². The molecular formula is C50H32N2OS. The Morgan fingerprint density at radius 1 is 0.444 bits per heavy atom. The lowest BCUT2D eigenvalue weighted by Crippen LogP contribution is -2.10. The van der Waals surface area contributed by atoms with Gasteiger partial charge in [-0.05, 0) is 82.9 Å². The van der Waals surface area contributed by atoms with E-state index in [-0.39, 0.29) is 0 Å². The zero-order chi connectivity index (χ0) is 35.6. The van der Waals surface area contributed by atoms with Gasteiger partial charge >= 0.3 is 0 Å². The molecule has 3 nitrogen and oxygen atoms in total. The van der Waals surface area contributed by atoms with Crippen LogP contribution in [0.15, 0.2) is 199 Å². The lowest BCUT2D eigenvalue weighted by atomic mass is 10.0. The Balaban J connectivity index is 1.10. The van der Waals surface area contributed by atoms with Gasteiger partial charge in [-0.3, -0.25) is 4.57 Å². The summed E-state index contributed by atoms with van der Waals surface area (Å²) in [4.78, 5) is 2.42. The maximum Gasteiger partial charge on any atom is 0.213 e. The second-order valence-electron chi connectivity index (χ2n) is 13.7. The van der Waals surface area contributed by atoms with Crippen LogP contribution >= 0.6 is 11.3 Å². The highest BCUT2D eigenvalue weighted by molar-refractivity contribution is 7.26. The minimum atomic E-state index is 0.866. The maximum absolute atomic E-state index is 6.57. The molecular weight excluding hydrogens is 677 g/mol. The second-order valence-corrected chi connectivity index (χ2v) is 14.8. The molecule has 0 fully saturated rings. The smallest absolute Gasteiger partial charge is 0.213 e. The first-order valence-electron chi connectivity index (χ1n) is 18.3. The van der Waals surface area contributed by atoms with Gasteiger partial charge in [0.1, 0.15) is 5.58 Å². The van der Waals surface area contributed by atoms with Gasteiger partial charge in [0.25, 0.3) is 0 Å². The van der Waals surface area contributed by atoms with Gasteiger partial charge in [-0.1, -0.05) is 133 Å². The predicted octanol–water partition coefficient (Wildman–Crippen LogP) is 14.7. The average Bonchev–Trinajstić information content (AvgIpc) is 3.91. The van der Waals surface area contributed by atoms with Crippen molar-refractivity contribution in [2.75, 3.05) is 4.90 Å². The number of hydrogen-bond acceptors (Lipinski definition) is 3. The summed E-state index contributed by atoms with van der Waals surface area (Å²) in [6.45, 7) is 0. The van der Waals surface area contributed by atoms with E-state index in [9.17, 15) is 0 Å². The molecule has 0 unspecified atom stereocenters. The normalized spacial score (nSPS) is 11.7. The number of fused-ring (bicyclic) bond motifs is 8. The molecule has 0 aliphatic heterocycles. The van der Waals surface area contributed by atoms with Crippen molar-refractivity contribution in [1.82, 2.24) is 4.57 Å². The van der Waals surface area contributed by atoms with Crippen LogP contribution in [-0.4, -0.2) is 4.57 Å². The fourth-order valence-electron chi connectivity index (χ4n) is 8.09. The van der Waals surface area contributed by atoms with Crippen LogP contribution in [0.2, 0.25) is 0 Å². The molecule has 0 saturated heterocycles. The minimum Gasteiger partial charge on any atom is -0.439 e. The Kier molecular flexibility index (Phi) is 7.04. The number of benzene rings is 8. The fourth-order valence-corrected chi connectivity index (χ4v) is 9.30. The van der Waals surface area contributed by atoms with Crippen molar-refractivity contribution < 1.29 is 4.42 Å². The molecule has 0 bridgehead atoms. The van der Waals surface area contributed by atoms with Gasteiger partial charge < -0.3 is 9.32 Å². The molecule has 254 valence electrons. The summed E-state index contributed by atoms with van der Waals surface area (Å²) in [5.41, 5.74) is 12.0. The van der Waals surface area contributed by atoms with E-state index in [4.69, 9.17) is 4.42 Å². The quantitative estimate of drug-likeness (QED) is 0.171. The molecule has 8 aromatic carbocycles. The number of anilines is 3. The highest BCUT2D eigenvalue weighted by Crippen LogP contribution is 2.46. The third-order valence-electron chi connectivity index (χ3n) is 10.6. The third kappa shape index (κ3) is 4.88. The summed E-state index contributed by atoms with van der Waals surface area (Å²) in [5, 5.41) is 6.02. The molecule has 0 radical (unpaired) electrons. The summed E-state index contributed by atoms with van der Waals surface area (Å²) in [5.74, 6) is 0. The van der Waals surface area contributed by atoms with Crippen molar-refractivity contribution in [3.05, 3.63) is 194 Å². The molecule has 4 heteroatoms. The molecule has 3 heterocycles. The zero-order valence-corrected chi connectivity index (χ0v) is 30.0. The molecule has 0 spiro atoms. The van der Waals surface area contributed by atoms with Gasteiger partial charge in [0.05, 0.1) is 21.3 Å². The van der Waals surface area contributed by atoms with Crippen LogP contribution in [0, 0.1) is 0 Å². The molecule has 0 atom stereocenters. The van der Waals surface area contributed by atoms with Crippen LogP contribution in [0.3, 0.4) is 0 Å². The highest BCUT2D eigenvalue weighted by Gasteiger charge is 2.21. The molecule has 0 aliphatic rings. The van der Waals surface area contributed by atoms with E-state index in [1.807, 2.05) is 17.4 Å². The van der Waals surface area contributed by atoms with Gasteiger partial charge in [-0.2, -0.15) is 0 Å². The summed E-state index contributed by atoms with van der Waals surface area (Å²) in [6, 6.07) is 69.6. The monoisotopic (exact) mass is 708 g/mol. The van der Waals surface area contributed by atoms with E-state index < -0.39 is 0 Å². The Hall–Kier alpha value is -6.88. The summed E-state index contributed by atoms with van der Waals surface area (Å²) >= 11 is 1.86. The van der Waals surface area contributed by atoms with E-state index in [2.05, 4.69) is 198 Å². The van der Waals surface area contributed by atoms with Crippen LogP contribution in [0.25, 0.3) is 81.1 Å². The number of nitrogens with zero attached hydrogens (tertiary/aromatic N) is 2. The van der Waals surface area contributed by atoms with E-state index in [1.165, 1.54) is 42.4 Å². The summed E-state index contributed by atoms with van der Waals surface area (Å²) < 4.78 is 11.4. The largest absolute Gasteiger partial charge is 0.439 e. The first-order chi connectivity index (χ1) is 26.8. The molecule has 0 saturated carbocycles. The lowest BCUT2D eigenvalue weighted by molar-refractivity contribution is 0.645. The van der Waals surface area contributed by atoms with E-state index >= 15 is 0 Å². The minimum absolute atomic E-state index is 0.866. The van der Waals surface area contributed by atoms with Gasteiger partial charge in [-0.25, -0.2) is 0 Å². The molecule has 0 aliphatic carbocycles. The molecule has 11 aromatic rings.